The predicted octanol–water partition coefficient (Wildman–Crippen LogP) is 1.80. The van der Waals surface area contributed by atoms with Crippen molar-refractivity contribution in [2.24, 2.45) is 17.8 Å². The molecule has 2 heterocycles. The minimum atomic E-state index is 0.0439. The Morgan fingerprint density at radius 1 is 1.31 bits per heavy atom. The lowest BCUT2D eigenvalue weighted by atomic mass is 9.80. The number of hydrogen-bond donors (Lipinski definition) is 0. The molecule has 1 saturated heterocycles. The Kier molecular flexibility index (Phi) is 2.03. The SMILES string of the molecule is CC(C)[C@@H]1C(=O)[C@@H](C)[C@H]2C=C[C@@H]1O2. The highest BCUT2D eigenvalue weighted by molar-refractivity contribution is 5.86. The van der Waals surface area contributed by atoms with Crippen molar-refractivity contribution in [1.82, 2.24) is 0 Å². The van der Waals surface area contributed by atoms with Crippen molar-refractivity contribution in [3.63, 3.8) is 0 Å². The van der Waals surface area contributed by atoms with Gasteiger partial charge in [-0.15, -0.1) is 0 Å². The maximum atomic E-state index is 11.9. The van der Waals surface area contributed by atoms with Crippen LogP contribution in [0.15, 0.2) is 12.2 Å². The molecule has 1 fully saturated rings. The van der Waals surface area contributed by atoms with Crippen molar-refractivity contribution in [2.45, 2.75) is 33.0 Å². The minimum absolute atomic E-state index is 0.0439. The first kappa shape index (κ1) is 8.95. The standard InChI is InChI=1S/C11H16O2/c1-6(2)10-9-5-4-8(13-9)7(3)11(10)12/h4-10H,1-3H3/t7-,8+,9-,10-/m0/s1. The molecule has 2 heteroatoms. The molecule has 13 heavy (non-hydrogen) atoms. The van der Waals surface area contributed by atoms with E-state index in [0.717, 1.165) is 0 Å². The first-order chi connectivity index (χ1) is 6.11. The summed E-state index contributed by atoms with van der Waals surface area (Å²) in [6.45, 7) is 6.14. The van der Waals surface area contributed by atoms with Gasteiger partial charge in [-0.05, 0) is 5.92 Å². The lowest BCUT2D eigenvalue weighted by molar-refractivity contribution is -0.146. The van der Waals surface area contributed by atoms with Crippen molar-refractivity contribution >= 4 is 5.78 Å². The molecule has 0 unspecified atom stereocenters. The fraction of sp³-hybridized carbons (Fsp3) is 0.727. The summed E-state index contributed by atoms with van der Waals surface area (Å²) in [7, 11) is 0. The van der Waals surface area contributed by atoms with Crippen molar-refractivity contribution in [1.29, 1.82) is 0 Å². The highest BCUT2D eigenvalue weighted by Gasteiger charge is 2.44. The number of ketones is 1. The van der Waals surface area contributed by atoms with E-state index in [4.69, 9.17) is 4.74 Å². The molecular weight excluding hydrogens is 164 g/mol. The maximum Gasteiger partial charge on any atom is 0.144 e. The molecule has 0 aromatic rings. The Morgan fingerprint density at radius 2 is 1.92 bits per heavy atom. The van der Waals surface area contributed by atoms with Crippen LogP contribution in [0.1, 0.15) is 20.8 Å². The van der Waals surface area contributed by atoms with Gasteiger partial charge in [0.2, 0.25) is 0 Å². The normalized spacial score (nSPS) is 43.2. The topological polar surface area (TPSA) is 26.3 Å². The number of carbonyl (C=O) groups excluding carboxylic acids is 1. The van der Waals surface area contributed by atoms with Gasteiger partial charge in [0.1, 0.15) is 5.78 Å². The van der Waals surface area contributed by atoms with Gasteiger partial charge in [-0.25, -0.2) is 0 Å². The Bertz CT molecular complexity index is 255. The van der Waals surface area contributed by atoms with Crippen molar-refractivity contribution in [3.8, 4) is 0 Å². The van der Waals surface area contributed by atoms with E-state index < -0.39 is 0 Å². The largest absolute Gasteiger partial charge is 0.365 e. The predicted molar refractivity (Wildman–Crippen MR) is 50.3 cm³/mol. The number of hydrogen-bond acceptors (Lipinski definition) is 2. The van der Waals surface area contributed by atoms with Crippen LogP contribution in [0.3, 0.4) is 0 Å². The smallest absolute Gasteiger partial charge is 0.144 e. The van der Waals surface area contributed by atoms with Crippen molar-refractivity contribution < 1.29 is 9.53 Å². The van der Waals surface area contributed by atoms with Crippen LogP contribution in [0.5, 0.6) is 0 Å². The number of Topliss-reactive ketones (excluding diaryl/α,β-unsaturated/α-hetero) is 1. The van der Waals surface area contributed by atoms with E-state index in [-0.39, 0.29) is 24.0 Å². The second-order valence-corrected chi connectivity index (χ2v) is 4.41. The van der Waals surface area contributed by atoms with Gasteiger partial charge >= 0.3 is 0 Å². The van der Waals surface area contributed by atoms with E-state index in [9.17, 15) is 4.79 Å². The van der Waals surface area contributed by atoms with Crippen molar-refractivity contribution in [2.75, 3.05) is 0 Å². The first-order valence-corrected chi connectivity index (χ1v) is 4.98. The summed E-state index contributed by atoms with van der Waals surface area (Å²) in [5.74, 6) is 0.872. The van der Waals surface area contributed by atoms with Gasteiger partial charge in [-0.3, -0.25) is 4.79 Å². The Labute approximate surface area is 79.0 Å². The molecule has 2 rings (SSSR count). The molecule has 0 spiro atoms. The van der Waals surface area contributed by atoms with Crippen LogP contribution < -0.4 is 0 Å². The summed E-state index contributed by atoms with van der Waals surface area (Å²) >= 11 is 0. The summed E-state index contributed by atoms with van der Waals surface area (Å²) in [4.78, 5) is 11.9. The van der Waals surface area contributed by atoms with Crippen LogP contribution in [-0.2, 0) is 9.53 Å². The van der Waals surface area contributed by atoms with Gasteiger partial charge in [0, 0.05) is 5.92 Å². The Morgan fingerprint density at radius 3 is 2.54 bits per heavy atom. The van der Waals surface area contributed by atoms with Gasteiger partial charge in [-0.1, -0.05) is 32.9 Å². The molecule has 4 atom stereocenters. The molecule has 0 aliphatic carbocycles. The molecule has 0 aromatic heterocycles. The van der Waals surface area contributed by atoms with Crippen molar-refractivity contribution in [3.05, 3.63) is 12.2 Å². The number of fused-ring (bicyclic) bond motifs is 2. The molecule has 2 aliphatic rings. The van der Waals surface area contributed by atoms with Gasteiger partial charge in [0.25, 0.3) is 0 Å². The molecule has 0 N–H and O–H groups in total. The molecule has 0 radical (unpaired) electrons. The van der Waals surface area contributed by atoms with Crippen LogP contribution in [-0.4, -0.2) is 18.0 Å². The fourth-order valence-corrected chi connectivity index (χ4v) is 2.32. The lowest BCUT2D eigenvalue weighted by Gasteiger charge is -2.34. The summed E-state index contributed by atoms with van der Waals surface area (Å²) < 4.78 is 5.72. The zero-order chi connectivity index (χ0) is 9.59. The van der Waals surface area contributed by atoms with E-state index in [2.05, 4.69) is 19.9 Å². The summed E-state index contributed by atoms with van der Waals surface area (Å²) in [6.07, 6.45) is 4.19. The lowest BCUT2D eigenvalue weighted by Crippen LogP contribution is -2.44. The molecule has 72 valence electrons. The quantitative estimate of drug-likeness (QED) is 0.575. The molecule has 0 amide bonds. The second-order valence-electron chi connectivity index (χ2n) is 4.41. The van der Waals surface area contributed by atoms with Crippen LogP contribution in [0, 0.1) is 17.8 Å². The monoisotopic (exact) mass is 180 g/mol. The van der Waals surface area contributed by atoms with Gasteiger partial charge < -0.3 is 4.74 Å². The Hall–Kier alpha value is -0.630. The molecule has 2 aliphatic heterocycles. The number of carbonyl (C=O) groups is 1. The van der Waals surface area contributed by atoms with Crippen LogP contribution in [0.25, 0.3) is 0 Å². The summed E-state index contributed by atoms with van der Waals surface area (Å²) in [5, 5.41) is 0. The highest BCUT2D eigenvalue weighted by Crippen LogP contribution is 2.36. The van der Waals surface area contributed by atoms with E-state index in [1.165, 1.54) is 0 Å². The van der Waals surface area contributed by atoms with E-state index in [1.807, 2.05) is 13.0 Å². The Balaban J connectivity index is 2.27. The highest BCUT2D eigenvalue weighted by atomic mass is 16.5. The van der Waals surface area contributed by atoms with Gasteiger partial charge in [0.05, 0.1) is 18.1 Å². The third-order valence-corrected chi connectivity index (χ3v) is 3.15. The van der Waals surface area contributed by atoms with Crippen LogP contribution in [0.2, 0.25) is 0 Å². The van der Waals surface area contributed by atoms with E-state index >= 15 is 0 Å². The average molecular weight is 180 g/mol. The fourth-order valence-electron chi connectivity index (χ4n) is 2.32. The van der Waals surface area contributed by atoms with E-state index in [1.54, 1.807) is 0 Å². The third kappa shape index (κ3) is 1.24. The molecule has 2 bridgehead atoms. The number of ether oxygens (including phenoxy) is 1. The molecule has 0 saturated carbocycles. The summed E-state index contributed by atoms with van der Waals surface area (Å²) in [6, 6.07) is 0. The molecule has 2 nitrogen and oxygen atoms in total. The third-order valence-electron chi connectivity index (χ3n) is 3.15. The molecule has 0 aromatic carbocycles. The van der Waals surface area contributed by atoms with E-state index in [0.29, 0.717) is 11.7 Å². The second kappa shape index (κ2) is 2.95. The minimum Gasteiger partial charge on any atom is -0.365 e. The number of rotatable bonds is 1. The van der Waals surface area contributed by atoms with Gasteiger partial charge in [0.15, 0.2) is 0 Å². The zero-order valence-electron chi connectivity index (χ0n) is 8.36. The van der Waals surface area contributed by atoms with Gasteiger partial charge in [-0.2, -0.15) is 0 Å². The summed E-state index contributed by atoms with van der Waals surface area (Å²) in [5.41, 5.74) is 0. The zero-order valence-corrected chi connectivity index (χ0v) is 8.36. The van der Waals surface area contributed by atoms with Crippen LogP contribution >= 0.6 is 0 Å². The first-order valence-electron chi connectivity index (χ1n) is 4.98. The average Bonchev–Trinajstić information content (AvgIpc) is 2.47. The van der Waals surface area contributed by atoms with Crippen LogP contribution in [0.4, 0.5) is 0 Å². The molecular formula is C11H16O2. The maximum absolute atomic E-state index is 11.9.